The zero-order chi connectivity index (χ0) is 9.84. The SMILES string of the molecule is COC(=O)C(O)C1CCOCC1C. The smallest absolute Gasteiger partial charge is 0.334 e. The maximum absolute atomic E-state index is 11.0. The quantitative estimate of drug-likeness (QED) is 0.629. The zero-order valence-electron chi connectivity index (χ0n) is 8.03. The highest BCUT2D eigenvalue weighted by atomic mass is 16.5. The van der Waals surface area contributed by atoms with Crippen molar-refractivity contribution in [3.05, 3.63) is 0 Å². The molecular weight excluding hydrogens is 172 g/mol. The van der Waals surface area contributed by atoms with Crippen LogP contribution in [0, 0.1) is 11.8 Å². The van der Waals surface area contributed by atoms with Gasteiger partial charge in [0.1, 0.15) is 0 Å². The summed E-state index contributed by atoms with van der Waals surface area (Å²) in [5.41, 5.74) is 0. The molecule has 13 heavy (non-hydrogen) atoms. The van der Waals surface area contributed by atoms with E-state index in [0.29, 0.717) is 13.2 Å². The molecule has 1 aliphatic rings. The third kappa shape index (κ3) is 2.42. The van der Waals surface area contributed by atoms with E-state index in [1.807, 2.05) is 6.92 Å². The molecule has 0 radical (unpaired) electrons. The highest BCUT2D eigenvalue weighted by Crippen LogP contribution is 2.25. The standard InChI is InChI=1S/C9H16O4/c1-6-5-13-4-3-7(6)8(10)9(11)12-2/h6-8,10H,3-5H2,1-2H3. The van der Waals surface area contributed by atoms with E-state index in [1.165, 1.54) is 7.11 Å². The van der Waals surface area contributed by atoms with Crippen LogP contribution < -0.4 is 0 Å². The van der Waals surface area contributed by atoms with E-state index < -0.39 is 12.1 Å². The number of carbonyl (C=O) groups excluding carboxylic acids is 1. The first-order valence-corrected chi connectivity index (χ1v) is 4.50. The van der Waals surface area contributed by atoms with Gasteiger partial charge in [0.2, 0.25) is 0 Å². The Labute approximate surface area is 77.8 Å². The van der Waals surface area contributed by atoms with E-state index in [-0.39, 0.29) is 11.8 Å². The van der Waals surface area contributed by atoms with Crippen LogP contribution in [0.25, 0.3) is 0 Å². The average Bonchev–Trinajstić information content (AvgIpc) is 2.16. The van der Waals surface area contributed by atoms with Gasteiger partial charge in [0, 0.05) is 19.1 Å². The third-order valence-corrected chi connectivity index (χ3v) is 2.56. The van der Waals surface area contributed by atoms with Crippen molar-refractivity contribution in [1.82, 2.24) is 0 Å². The molecule has 4 nitrogen and oxygen atoms in total. The molecule has 0 bridgehead atoms. The molecule has 0 saturated carbocycles. The third-order valence-electron chi connectivity index (χ3n) is 2.56. The Bertz CT molecular complexity index is 180. The van der Waals surface area contributed by atoms with Gasteiger partial charge in [-0.25, -0.2) is 4.79 Å². The Kier molecular flexibility index (Phi) is 3.69. The maximum atomic E-state index is 11.0. The summed E-state index contributed by atoms with van der Waals surface area (Å²) in [5.74, 6) is -0.359. The van der Waals surface area contributed by atoms with Gasteiger partial charge in [-0.05, 0) is 12.3 Å². The van der Waals surface area contributed by atoms with Crippen molar-refractivity contribution in [2.24, 2.45) is 11.8 Å². The van der Waals surface area contributed by atoms with Crippen molar-refractivity contribution < 1.29 is 19.4 Å². The normalized spacial score (nSPS) is 31.0. The molecule has 76 valence electrons. The van der Waals surface area contributed by atoms with Gasteiger partial charge in [0.25, 0.3) is 0 Å². The predicted molar refractivity (Wildman–Crippen MR) is 46.1 cm³/mol. The second kappa shape index (κ2) is 4.58. The fraction of sp³-hybridized carbons (Fsp3) is 0.889. The Morgan fingerprint density at radius 2 is 2.38 bits per heavy atom. The first-order chi connectivity index (χ1) is 6.16. The van der Waals surface area contributed by atoms with Crippen molar-refractivity contribution >= 4 is 5.97 Å². The summed E-state index contributed by atoms with van der Waals surface area (Å²) >= 11 is 0. The molecule has 0 spiro atoms. The number of hydrogen-bond acceptors (Lipinski definition) is 4. The number of hydrogen-bond donors (Lipinski definition) is 1. The van der Waals surface area contributed by atoms with Crippen LogP contribution in [0.3, 0.4) is 0 Å². The van der Waals surface area contributed by atoms with Gasteiger partial charge in [-0.15, -0.1) is 0 Å². The topological polar surface area (TPSA) is 55.8 Å². The Morgan fingerprint density at radius 3 is 2.92 bits per heavy atom. The van der Waals surface area contributed by atoms with Crippen molar-refractivity contribution in [3.8, 4) is 0 Å². The fourth-order valence-corrected chi connectivity index (χ4v) is 1.66. The molecule has 1 fully saturated rings. The molecule has 3 unspecified atom stereocenters. The van der Waals surface area contributed by atoms with Crippen LogP contribution in [-0.2, 0) is 14.3 Å². The van der Waals surface area contributed by atoms with Gasteiger partial charge in [-0.1, -0.05) is 6.92 Å². The number of carbonyl (C=O) groups is 1. The summed E-state index contributed by atoms with van der Waals surface area (Å²) in [7, 11) is 1.29. The van der Waals surface area contributed by atoms with Gasteiger partial charge >= 0.3 is 5.97 Å². The first kappa shape index (κ1) is 10.5. The molecule has 0 amide bonds. The second-order valence-corrected chi connectivity index (χ2v) is 3.47. The van der Waals surface area contributed by atoms with Gasteiger partial charge in [0.15, 0.2) is 6.10 Å². The summed E-state index contributed by atoms with van der Waals surface area (Å²) in [4.78, 5) is 11.0. The molecule has 0 aromatic heterocycles. The number of aliphatic hydroxyl groups excluding tert-OH is 1. The molecule has 0 aromatic rings. The van der Waals surface area contributed by atoms with Crippen LogP contribution in [-0.4, -0.2) is 37.5 Å². The molecule has 1 N–H and O–H groups in total. The van der Waals surface area contributed by atoms with Gasteiger partial charge < -0.3 is 14.6 Å². The number of rotatable bonds is 2. The maximum Gasteiger partial charge on any atom is 0.334 e. The fourth-order valence-electron chi connectivity index (χ4n) is 1.66. The van der Waals surface area contributed by atoms with E-state index in [0.717, 1.165) is 6.42 Å². The highest BCUT2D eigenvalue weighted by Gasteiger charge is 2.33. The monoisotopic (exact) mass is 188 g/mol. The van der Waals surface area contributed by atoms with Crippen LogP contribution >= 0.6 is 0 Å². The highest BCUT2D eigenvalue weighted by molar-refractivity contribution is 5.74. The average molecular weight is 188 g/mol. The lowest BCUT2D eigenvalue weighted by molar-refractivity contribution is -0.157. The van der Waals surface area contributed by atoms with Crippen molar-refractivity contribution in [3.63, 3.8) is 0 Å². The Morgan fingerprint density at radius 1 is 1.69 bits per heavy atom. The second-order valence-electron chi connectivity index (χ2n) is 3.47. The zero-order valence-corrected chi connectivity index (χ0v) is 8.03. The molecular formula is C9H16O4. The predicted octanol–water partition coefficient (Wildman–Crippen LogP) is 0.193. The minimum atomic E-state index is -0.996. The van der Waals surface area contributed by atoms with E-state index in [2.05, 4.69) is 4.74 Å². The minimum Gasteiger partial charge on any atom is -0.467 e. The van der Waals surface area contributed by atoms with Crippen LogP contribution in [0.15, 0.2) is 0 Å². The molecule has 1 aliphatic heterocycles. The molecule has 1 heterocycles. The molecule has 0 aliphatic carbocycles. The summed E-state index contributed by atoms with van der Waals surface area (Å²) < 4.78 is 9.70. The van der Waals surface area contributed by atoms with Crippen LogP contribution in [0.1, 0.15) is 13.3 Å². The van der Waals surface area contributed by atoms with E-state index in [1.54, 1.807) is 0 Å². The molecule has 1 saturated heterocycles. The van der Waals surface area contributed by atoms with Crippen LogP contribution in [0.4, 0.5) is 0 Å². The molecule has 4 heteroatoms. The first-order valence-electron chi connectivity index (χ1n) is 4.50. The Hall–Kier alpha value is -0.610. The summed E-state index contributed by atoms with van der Waals surface area (Å²) in [6.45, 7) is 3.19. The lowest BCUT2D eigenvalue weighted by Crippen LogP contribution is -2.39. The molecule has 1 rings (SSSR count). The van der Waals surface area contributed by atoms with Crippen molar-refractivity contribution in [2.45, 2.75) is 19.4 Å². The minimum absolute atomic E-state index is 0.0267. The van der Waals surface area contributed by atoms with E-state index in [4.69, 9.17) is 4.74 Å². The van der Waals surface area contributed by atoms with Gasteiger partial charge in [-0.2, -0.15) is 0 Å². The lowest BCUT2D eigenvalue weighted by atomic mass is 9.85. The Balaban J connectivity index is 2.53. The number of ether oxygens (including phenoxy) is 2. The number of esters is 1. The van der Waals surface area contributed by atoms with Crippen molar-refractivity contribution in [2.75, 3.05) is 20.3 Å². The summed E-state index contributed by atoms with van der Waals surface area (Å²) in [6.07, 6.45) is -0.277. The van der Waals surface area contributed by atoms with Crippen LogP contribution in [0.5, 0.6) is 0 Å². The van der Waals surface area contributed by atoms with E-state index in [9.17, 15) is 9.90 Å². The number of methoxy groups -OCH3 is 1. The summed E-state index contributed by atoms with van der Waals surface area (Å²) in [5, 5.41) is 9.58. The molecule has 3 atom stereocenters. The van der Waals surface area contributed by atoms with E-state index >= 15 is 0 Å². The lowest BCUT2D eigenvalue weighted by Gasteiger charge is -2.30. The van der Waals surface area contributed by atoms with Gasteiger partial charge in [0.05, 0.1) is 7.11 Å². The number of aliphatic hydroxyl groups is 1. The summed E-state index contributed by atoms with van der Waals surface area (Å²) in [6, 6.07) is 0. The van der Waals surface area contributed by atoms with Gasteiger partial charge in [-0.3, -0.25) is 0 Å². The van der Waals surface area contributed by atoms with Crippen molar-refractivity contribution in [1.29, 1.82) is 0 Å². The largest absolute Gasteiger partial charge is 0.467 e. The molecule has 0 aromatic carbocycles. The van der Waals surface area contributed by atoms with Crippen LogP contribution in [0.2, 0.25) is 0 Å².